The van der Waals surface area contributed by atoms with Gasteiger partial charge in [-0.15, -0.1) is 5.10 Å². The molecule has 4 rings (SSSR count). The Morgan fingerprint density at radius 3 is 2.63 bits per heavy atom. The van der Waals surface area contributed by atoms with Gasteiger partial charge in [-0.3, -0.25) is 9.59 Å². The van der Waals surface area contributed by atoms with Crippen LogP contribution in [0.25, 0.3) is 0 Å². The minimum absolute atomic E-state index is 0.00206. The fraction of sp³-hybridized carbons (Fsp3) is 0.571. The SMILES string of the molecule is O=C(Cn1cnnn1)N1CC(=O)N(C2CCCCC2)C[C@@H](OCc2ccccc2)C1. The minimum Gasteiger partial charge on any atom is -0.370 e. The molecule has 160 valence electrons. The summed E-state index contributed by atoms with van der Waals surface area (Å²) < 4.78 is 7.57. The van der Waals surface area contributed by atoms with E-state index in [1.54, 1.807) is 4.90 Å². The number of carbonyl (C=O) groups excluding carboxylic acids is 2. The van der Waals surface area contributed by atoms with Crippen molar-refractivity contribution in [3.63, 3.8) is 0 Å². The molecule has 2 aromatic rings. The summed E-state index contributed by atoms with van der Waals surface area (Å²) in [6.45, 7) is 1.43. The summed E-state index contributed by atoms with van der Waals surface area (Å²) in [5.41, 5.74) is 1.07. The quantitative estimate of drug-likeness (QED) is 0.709. The Morgan fingerprint density at radius 2 is 1.90 bits per heavy atom. The summed E-state index contributed by atoms with van der Waals surface area (Å²) in [6, 6.07) is 10.2. The van der Waals surface area contributed by atoms with E-state index in [1.165, 1.54) is 17.4 Å². The lowest BCUT2D eigenvalue weighted by atomic mass is 9.94. The van der Waals surface area contributed by atoms with Crippen molar-refractivity contribution in [1.29, 1.82) is 0 Å². The minimum atomic E-state index is -0.239. The molecule has 2 heterocycles. The third-order valence-electron chi connectivity index (χ3n) is 5.86. The van der Waals surface area contributed by atoms with Crippen molar-refractivity contribution in [2.45, 2.75) is 57.4 Å². The first kappa shape index (κ1) is 20.5. The standard InChI is InChI=1S/C21H28N6O3/c28-20(14-26-16-22-23-24-26)25-11-19(30-15-17-7-3-1-4-8-17)12-27(21(29)13-25)18-9-5-2-6-10-18/h1,3-4,7-8,16,18-19H,2,5-6,9-15H2/t19-/m0/s1. The molecule has 0 N–H and O–H groups in total. The molecule has 30 heavy (non-hydrogen) atoms. The molecule has 2 fully saturated rings. The topological polar surface area (TPSA) is 93.5 Å². The highest BCUT2D eigenvalue weighted by Gasteiger charge is 2.34. The zero-order valence-electron chi connectivity index (χ0n) is 17.1. The molecule has 9 nitrogen and oxygen atoms in total. The van der Waals surface area contributed by atoms with Crippen LogP contribution in [-0.2, 0) is 27.5 Å². The fourth-order valence-corrected chi connectivity index (χ4v) is 4.26. The van der Waals surface area contributed by atoms with Crippen LogP contribution >= 0.6 is 0 Å². The first-order valence-corrected chi connectivity index (χ1v) is 10.6. The van der Waals surface area contributed by atoms with E-state index in [2.05, 4.69) is 15.5 Å². The lowest BCUT2D eigenvalue weighted by molar-refractivity contribution is -0.140. The Morgan fingerprint density at radius 1 is 1.10 bits per heavy atom. The van der Waals surface area contributed by atoms with Crippen molar-refractivity contribution in [2.75, 3.05) is 19.6 Å². The van der Waals surface area contributed by atoms with E-state index in [4.69, 9.17) is 4.74 Å². The van der Waals surface area contributed by atoms with Crippen LogP contribution in [0.2, 0.25) is 0 Å². The van der Waals surface area contributed by atoms with E-state index >= 15 is 0 Å². The number of rotatable bonds is 6. The molecule has 1 aliphatic carbocycles. The van der Waals surface area contributed by atoms with Gasteiger partial charge >= 0.3 is 0 Å². The molecule has 0 unspecified atom stereocenters. The Kier molecular flexibility index (Phi) is 6.68. The summed E-state index contributed by atoms with van der Waals surface area (Å²) in [6.07, 6.45) is 6.72. The Hall–Kier alpha value is -2.81. The molecule has 1 aliphatic heterocycles. The molecule has 1 atom stereocenters. The maximum Gasteiger partial charge on any atom is 0.245 e. The molecule has 9 heteroatoms. The molecule has 0 spiro atoms. The summed E-state index contributed by atoms with van der Waals surface area (Å²) in [5, 5.41) is 10.9. The van der Waals surface area contributed by atoms with Gasteiger partial charge in [0.05, 0.1) is 19.3 Å². The van der Waals surface area contributed by atoms with Crippen LogP contribution in [0.5, 0.6) is 0 Å². The van der Waals surface area contributed by atoms with Crippen molar-refractivity contribution in [3.8, 4) is 0 Å². The van der Waals surface area contributed by atoms with Crippen LogP contribution < -0.4 is 0 Å². The number of hydrogen-bond acceptors (Lipinski definition) is 6. The molecule has 2 amide bonds. The first-order valence-electron chi connectivity index (χ1n) is 10.6. The number of hydrogen-bond donors (Lipinski definition) is 0. The van der Waals surface area contributed by atoms with Gasteiger partial charge in [0.1, 0.15) is 12.9 Å². The number of carbonyl (C=O) groups is 2. The molecule has 1 aromatic heterocycles. The van der Waals surface area contributed by atoms with E-state index in [9.17, 15) is 9.59 Å². The van der Waals surface area contributed by atoms with Gasteiger partial charge in [0.15, 0.2) is 0 Å². The second-order valence-electron chi connectivity index (χ2n) is 8.04. The monoisotopic (exact) mass is 412 g/mol. The van der Waals surface area contributed by atoms with Gasteiger partial charge in [0.25, 0.3) is 0 Å². The Balaban J connectivity index is 1.47. The van der Waals surface area contributed by atoms with Gasteiger partial charge in [0.2, 0.25) is 11.8 Å². The van der Waals surface area contributed by atoms with Gasteiger partial charge in [-0.2, -0.15) is 0 Å². The maximum atomic E-state index is 13.1. The molecule has 1 saturated heterocycles. The van der Waals surface area contributed by atoms with E-state index in [0.29, 0.717) is 19.7 Å². The van der Waals surface area contributed by atoms with Gasteiger partial charge in [-0.1, -0.05) is 49.6 Å². The summed E-state index contributed by atoms with van der Waals surface area (Å²) >= 11 is 0. The van der Waals surface area contributed by atoms with Gasteiger partial charge in [0, 0.05) is 19.1 Å². The van der Waals surface area contributed by atoms with Gasteiger partial charge in [-0.25, -0.2) is 4.68 Å². The lowest BCUT2D eigenvalue weighted by Gasteiger charge is -2.34. The van der Waals surface area contributed by atoms with Crippen molar-refractivity contribution >= 4 is 11.8 Å². The average molecular weight is 412 g/mol. The molecule has 1 aromatic carbocycles. The van der Waals surface area contributed by atoms with Crippen LogP contribution in [0.3, 0.4) is 0 Å². The van der Waals surface area contributed by atoms with E-state index in [0.717, 1.165) is 31.2 Å². The Bertz CT molecular complexity index is 823. The van der Waals surface area contributed by atoms with Gasteiger partial charge in [-0.05, 0) is 28.8 Å². The number of amides is 2. The normalized spacial score (nSPS) is 20.9. The summed E-state index contributed by atoms with van der Waals surface area (Å²) in [4.78, 5) is 29.5. The lowest BCUT2D eigenvalue weighted by Crippen LogP contribution is -2.46. The average Bonchev–Trinajstić information content (AvgIpc) is 3.22. The number of tetrazole rings is 1. The summed E-state index contributed by atoms with van der Waals surface area (Å²) in [5.74, 6) is -0.188. The number of aromatic nitrogens is 4. The zero-order valence-corrected chi connectivity index (χ0v) is 17.1. The van der Waals surface area contributed by atoms with Crippen LogP contribution in [-0.4, -0.2) is 73.6 Å². The van der Waals surface area contributed by atoms with Crippen LogP contribution in [0.15, 0.2) is 36.7 Å². The highest BCUT2D eigenvalue weighted by atomic mass is 16.5. The first-order chi connectivity index (χ1) is 14.7. The van der Waals surface area contributed by atoms with Gasteiger partial charge < -0.3 is 14.5 Å². The predicted octanol–water partition coefficient (Wildman–Crippen LogP) is 1.26. The van der Waals surface area contributed by atoms with Crippen molar-refractivity contribution in [1.82, 2.24) is 30.0 Å². The largest absolute Gasteiger partial charge is 0.370 e. The molecular formula is C21H28N6O3. The third-order valence-corrected chi connectivity index (χ3v) is 5.86. The second-order valence-corrected chi connectivity index (χ2v) is 8.04. The van der Waals surface area contributed by atoms with Crippen molar-refractivity contribution in [2.24, 2.45) is 0 Å². The molecule has 0 bridgehead atoms. The van der Waals surface area contributed by atoms with Crippen LogP contribution in [0, 0.1) is 0 Å². The maximum absolute atomic E-state index is 13.1. The molecule has 1 saturated carbocycles. The molecule has 0 radical (unpaired) electrons. The van der Waals surface area contributed by atoms with Crippen LogP contribution in [0.1, 0.15) is 37.7 Å². The van der Waals surface area contributed by atoms with E-state index in [1.807, 2.05) is 35.2 Å². The number of ether oxygens (including phenoxy) is 1. The van der Waals surface area contributed by atoms with Crippen molar-refractivity contribution in [3.05, 3.63) is 42.2 Å². The van der Waals surface area contributed by atoms with E-state index in [-0.39, 0.29) is 37.0 Å². The van der Waals surface area contributed by atoms with Crippen LogP contribution in [0.4, 0.5) is 0 Å². The third kappa shape index (κ3) is 5.21. The van der Waals surface area contributed by atoms with Crippen molar-refractivity contribution < 1.29 is 14.3 Å². The second kappa shape index (κ2) is 9.80. The number of benzene rings is 1. The molecular weight excluding hydrogens is 384 g/mol. The predicted molar refractivity (Wildman–Crippen MR) is 108 cm³/mol. The highest BCUT2D eigenvalue weighted by Crippen LogP contribution is 2.25. The smallest absolute Gasteiger partial charge is 0.245 e. The highest BCUT2D eigenvalue weighted by molar-refractivity contribution is 5.85. The molecule has 2 aliphatic rings. The summed E-state index contributed by atoms with van der Waals surface area (Å²) in [7, 11) is 0. The Labute approximate surface area is 176 Å². The van der Waals surface area contributed by atoms with E-state index < -0.39 is 0 Å². The zero-order chi connectivity index (χ0) is 20.8. The fourth-order valence-electron chi connectivity index (χ4n) is 4.26. The number of nitrogens with zero attached hydrogens (tertiary/aromatic N) is 6.